The number of halogens is 2. The van der Waals surface area contributed by atoms with Crippen molar-refractivity contribution in [1.82, 2.24) is 9.97 Å². The molecule has 0 unspecified atom stereocenters. The van der Waals surface area contributed by atoms with Crippen LogP contribution < -0.4 is 10.6 Å². The summed E-state index contributed by atoms with van der Waals surface area (Å²) in [6.07, 6.45) is 1.39. The van der Waals surface area contributed by atoms with E-state index >= 15 is 0 Å². The Morgan fingerprint density at radius 3 is 2.67 bits per heavy atom. The van der Waals surface area contributed by atoms with Crippen molar-refractivity contribution < 1.29 is 9.67 Å². The van der Waals surface area contributed by atoms with E-state index in [0.29, 0.717) is 27.4 Å². The minimum atomic E-state index is -2.55. The van der Waals surface area contributed by atoms with Crippen molar-refractivity contribution in [2.45, 2.75) is 6.61 Å². The summed E-state index contributed by atoms with van der Waals surface area (Å²) in [5, 5.41) is 13.2. The smallest absolute Gasteiger partial charge is 0.224 e. The second kappa shape index (κ2) is 6.32. The van der Waals surface area contributed by atoms with Crippen LogP contribution in [0.4, 0.5) is 11.5 Å². The number of hydrogen-bond acceptors (Lipinski definition) is 5. The van der Waals surface area contributed by atoms with Crippen LogP contribution in [0.5, 0.6) is 0 Å². The molecule has 21 heavy (non-hydrogen) atoms. The van der Waals surface area contributed by atoms with Gasteiger partial charge in [-0.1, -0.05) is 17.7 Å². The molecule has 0 atom stereocenters. The van der Waals surface area contributed by atoms with E-state index in [0.717, 1.165) is 0 Å². The lowest BCUT2D eigenvalue weighted by Gasteiger charge is -2.16. The van der Waals surface area contributed by atoms with E-state index < -0.39 is 7.14 Å². The van der Waals surface area contributed by atoms with Gasteiger partial charge in [0.05, 0.1) is 18.5 Å². The molecule has 0 aliphatic carbocycles. The van der Waals surface area contributed by atoms with Crippen molar-refractivity contribution in [3.63, 3.8) is 0 Å². The monoisotopic (exact) mass is 345 g/mol. The van der Waals surface area contributed by atoms with Crippen LogP contribution in [0, 0.1) is 0 Å². The quantitative estimate of drug-likeness (QED) is 0.657. The summed E-state index contributed by atoms with van der Waals surface area (Å²) in [4.78, 5) is 7.78. The van der Waals surface area contributed by atoms with Gasteiger partial charge in [0.25, 0.3) is 0 Å². The second-order valence-electron chi connectivity index (χ2n) is 4.82. The lowest BCUT2D eigenvalue weighted by Crippen LogP contribution is -2.12. The first-order chi connectivity index (χ1) is 9.81. The zero-order valence-corrected chi connectivity index (χ0v) is 13.9. The first-order valence-electron chi connectivity index (χ1n) is 6.05. The van der Waals surface area contributed by atoms with Crippen molar-refractivity contribution in [3.8, 4) is 0 Å². The molecule has 1 heterocycles. The van der Waals surface area contributed by atoms with Gasteiger partial charge in [0.1, 0.15) is 12.2 Å². The van der Waals surface area contributed by atoms with Crippen LogP contribution in [0.3, 0.4) is 0 Å². The van der Waals surface area contributed by atoms with Crippen LogP contribution in [0.15, 0.2) is 24.4 Å². The summed E-state index contributed by atoms with van der Waals surface area (Å²) < 4.78 is 12.4. The van der Waals surface area contributed by atoms with Gasteiger partial charge in [-0.15, -0.1) is 0 Å². The average molecular weight is 346 g/mol. The van der Waals surface area contributed by atoms with E-state index in [4.69, 9.17) is 23.2 Å². The molecule has 2 N–H and O–H groups in total. The Hall–Kier alpha value is -1.13. The fourth-order valence-electron chi connectivity index (χ4n) is 1.79. The molecule has 0 saturated carbocycles. The fraction of sp³-hybridized carbons (Fsp3) is 0.231. The Morgan fingerprint density at radius 2 is 2.05 bits per heavy atom. The molecular weight excluding hydrogens is 332 g/mol. The third-order valence-electron chi connectivity index (χ3n) is 2.79. The molecule has 1 aromatic heterocycles. The largest absolute Gasteiger partial charge is 0.392 e. The molecule has 1 aromatic carbocycles. The van der Waals surface area contributed by atoms with Crippen molar-refractivity contribution in [1.29, 1.82) is 0 Å². The van der Waals surface area contributed by atoms with Crippen molar-refractivity contribution in [2.75, 3.05) is 18.6 Å². The van der Waals surface area contributed by atoms with Crippen LogP contribution in [0.25, 0.3) is 0 Å². The first kappa shape index (κ1) is 16.2. The number of hydrogen-bond donors (Lipinski definition) is 2. The molecular formula is C13H14Cl2N3O2P. The zero-order chi connectivity index (χ0) is 15.6. The highest BCUT2D eigenvalue weighted by molar-refractivity contribution is 7.70. The van der Waals surface area contributed by atoms with Crippen molar-refractivity contribution in [3.05, 3.63) is 40.3 Å². The maximum absolute atomic E-state index is 12.4. The zero-order valence-electron chi connectivity index (χ0n) is 11.5. The van der Waals surface area contributed by atoms with Gasteiger partial charge in [-0.05, 0) is 42.6 Å². The normalized spacial score (nSPS) is 11.5. The standard InChI is InChI=1S/C13H14Cl2N3O2P/c1-21(2,20)11-5-8(7-19)3-4-10(11)17-12-9(14)6-16-13(15)18-12/h3-6,19H,7H2,1-2H3,(H,16,17,18). The van der Waals surface area contributed by atoms with Gasteiger partial charge >= 0.3 is 0 Å². The topological polar surface area (TPSA) is 75.1 Å². The maximum atomic E-state index is 12.4. The summed E-state index contributed by atoms with van der Waals surface area (Å²) in [5.41, 5.74) is 1.29. The van der Waals surface area contributed by atoms with E-state index in [2.05, 4.69) is 15.3 Å². The molecule has 0 aliphatic heterocycles. The Balaban J connectivity index is 2.49. The van der Waals surface area contributed by atoms with E-state index in [1.54, 1.807) is 31.5 Å². The minimum absolute atomic E-state index is 0.0617. The third kappa shape index (κ3) is 3.95. The summed E-state index contributed by atoms with van der Waals surface area (Å²) in [6, 6.07) is 5.17. The molecule has 8 heteroatoms. The van der Waals surface area contributed by atoms with Gasteiger partial charge in [-0.25, -0.2) is 4.98 Å². The number of anilines is 2. The van der Waals surface area contributed by atoms with Crippen LogP contribution in [0.1, 0.15) is 5.56 Å². The lowest BCUT2D eigenvalue weighted by atomic mass is 10.2. The fourth-order valence-corrected chi connectivity index (χ4v) is 3.25. The average Bonchev–Trinajstić information content (AvgIpc) is 2.42. The molecule has 0 radical (unpaired) electrons. The minimum Gasteiger partial charge on any atom is -0.392 e. The molecule has 112 valence electrons. The van der Waals surface area contributed by atoms with E-state index in [-0.39, 0.29) is 11.9 Å². The van der Waals surface area contributed by atoms with Crippen LogP contribution in [-0.4, -0.2) is 28.4 Å². The number of aromatic nitrogens is 2. The Bertz CT molecular complexity index is 719. The lowest BCUT2D eigenvalue weighted by molar-refractivity contribution is 0.282. The number of nitrogens with zero attached hydrogens (tertiary/aromatic N) is 2. The van der Waals surface area contributed by atoms with Gasteiger partial charge in [-0.2, -0.15) is 4.98 Å². The van der Waals surface area contributed by atoms with Gasteiger partial charge in [0, 0.05) is 5.30 Å². The van der Waals surface area contributed by atoms with Crippen LogP contribution in [0.2, 0.25) is 10.3 Å². The van der Waals surface area contributed by atoms with Gasteiger partial charge in [0.2, 0.25) is 5.28 Å². The SMILES string of the molecule is CP(C)(=O)c1cc(CO)ccc1Nc1nc(Cl)ncc1Cl. The summed E-state index contributed by atoms with van der Waals surface area (Å²) in [6.45, 7) is 3.19. The van der Waals surface area contributed by atoms with E-state index in [1.807, 2.05) is 0 Å². The van der Waals surface area contributed by atoms with Crippen molar-refractivity contribution >= 4 is 47.2 Å². The number of aliphatic hydroxyl groups is 1. The predicted molar refractivity (Wildman–Crippen MR) is 86.8 cm³/mol. The molecule has 2 rings (SSSR count). The molecule has 0 aliphatic rings. The van der Waals surface area contributed by atoms with Gasteiger partial charge in [-0.3, -0.25) is 0 Å². The highest BCUT2D eigenvalue weighted by Gasteiger charge is 2.18. The Kier molecular flexibility index (Phi) is 4.89. The number of rotatable bonds is 4. The number of benzene rings is 1. The summed E-state index contributed by atoms with van der Waals surface area (Å²) in [7, 11) is -2.55. The van der Waals surface area contributed by atoms with Crippen LogP contribution in [-0.2, 0) is 11.2 Å². The number of aliphatic hydroxyl groups excluding tert-OH is 1. The molecule has 0 fully saturated rings. The molecule has 0 amide bonds. The predicted octanol–water partition coefficient (Wildman–Crippen LogP) is 3.27. The Labute approximate surface area is 132 Å². The van der Waals surface area contributed by atoms with Gasteiger partial charge < -0.3 is 15.0 Å². The molecule has 2 aromatic rings. The van der Waals surface area contributed by atoms with E-state index in [1.165, 1.54) is 6.20 Å². The molecule has 0 saturated heterocycles. The second-order valence-corrected chi connectivity index (χ2v) is 8.75. The van der Waals surface area contributed by atoms with Gasteiger partial charge in [0.15, 0.2) is 5.82 Å². The third-order valence-corrected chi connectivity index (χ3v) is 4.78. The molecule has 5 nitrogen and oxygen atoms in total. The molecule has 0 bridgehead atoms. The van der Waals surface area contributed by atoms with E-state index in [9.17, 15) is 9.67 Å². The van der Waals surface area contributed by atoms with Crippen molar-refractivity contribution in [2.24, 2.45) is 0 Å². The highest BCUT2D eigenvalue weighted by atomic mass is 35.5. The first-order valence-corrected chi connectivity index (χ1v) is 9.41. The molecule has 0 spiro atoms. The summed E-state index contributed by atoms with van der Waals surface area (Å²) in [5.74, 6) is 0.336. The summed E-state index contributed by atoms with van der Waals surface area (Å²) >= 11 is 11.8. The number of nitrogens with one attached hydrogen (secondary N) is 1. The van der Waals surface area contributed by atoms with Crippen LogP contribution >= 0.6 is 30.3 Å². The maximum Gasteiger partial charge on any atom is 0.224 e. The highest BCUT2D eigenvalue weighted by Crippen LogP contribution is 2.39. The Morgan fingerprint density at radius 1 is 1.33 bits per heavy atom.